The summed E-state index contributed by atoms with van der Waals surface area (Å²) < 4.78 is 4.44. The fourth-order valence-electron chi connectivity index (χ4n) is 1.20. The Kier molecular flexibility index (Phi) is 7.70. The molecule has 112 valence electrons. The largest absolute Gasteiger partial charge is 0.465 e. The van der Waals surface area contributed by atoms with E-state index in [4.69, 9.17) is 22.1 Å². The number of carbonyl (C=O) groups is 1. The molecule has 0 aromatic carbocycles. The van der Waals surface area contributed by atoms with E-state index in [0.29, 0.717) is 12.1 Å². The van der Waals surface area contributed by atoms with Crippen molar-refractivity contribution in [2.45, 2.75) is 6.92 Å². The van der Waals surface area contributed by atoms with Crippen LogP contribution in [0.3, 0.4) is 0 Å². The zero-order valence-electron chi connectivity index (χ0n) is 12.1. The van der Waals surface area contributed by atoms with Gasteiger partial charge in [0.1, 0.15) is 17.7 Å². The van der Waals surface area contributed by atoms with E-state index in [0.717, 1.165) is 5.57 Å². The third-order valence-corrected chi connectivity index (χ3v) is 2.41. The van der Waals surface area contributed by atoms with E-state index in [1.54, 1.807) is 18.2 Å². The number of ether oxygens (including phenoxy) is 1. The van der Waals surface area contributed by atoms with E-state index in [9.17, 15) is 4.79 Å². The van der Waals surface area contributed by atoms with Gasteiger partial charge in [0.25, 0.3) is 0 Å². The molecule has 0 bridgehead atoms. The maximum absolute atomic E-state index is 11.3. The molecule has 0 radical (unpaired) electrons. The minimum absolute atomic E-state index is 0.0587. The lowest BCUT2D eigenvalue weighted by Crippen LogP contribution is -2.26. The first-order valence-electron chi connectivity index (χ1n) is 5.93. The molecule has 0 saturated heterocycles. The van der Waals surface area contributed by atoms with Crippen molar-refractivity contribution >= 4 is 11.8 Å². The Morgan fingerprint density at radius 1 is 1.48 bits per heavy atom. The van der Waals surface area contributed by atoms with Gasteiger partial charge in [-0.2, -0.15) is 5.26 Å². The second-order valence-corrected chi connectivity index (χ2v) is 4.00. The van der Waals surface area contributed by atoms with Crippen LogP contribution in [0.2, 0.25) is 0 Å². The molecule has 0 saturated carbocycles. The van der Waals surface area contributed by atoms with Crippen LogP contribution in [0, 0.1) is 16.7 Å². The number of nitrogens with two attached hydrogens (primary N) is 2. The van der Waals surface area contributed by atoms with Gasteiger partial charge >= 0.3 is 5.97 Å². The third-order valence-electron chi connectivity index (χ3n) is 2.41. The molecule has 0 spiro atoms. The van der Waals surface area contributed by atoms with Crippen molar-refractivity contribution in [3.8, 4) is 6.07 Å². The molecule has 0 aromatic heterocycles. The summed E-state index contributed by atoms with van der Waals surface area (Å²) in [6.07, 6.45) is 4.83. The number of nitrogens with one attached hydrogen (secondary N) is 2. The Balaban J connectivity index is 4.90. The predicted octanol–water partition coefficient (Wildman–Crippen LogP) is 0.438. The highest BCUT2D eigenvalue weighted by molar-refractivity contribution is 5.97. The van der Waals surface area contributed by atoms with Crippen LogP contribution in [-0.4, -0.2) is 25.5 Å². The summed E-state index contributed by atoms with van der Waals surface area (Å²) in [6.45, 7) is 5.67. The van der Waals surface area contributed by atoms with Crippen LogP contribution in [-0.2, 0) is 9.53 Å². The fraction of sp³-hybridized carbons (Fsp3) is 0.214. The maximum Gasteiger partial charge on any atom is 0.352 e. The number of esters is 1. The molecule has 0 amide bonds. The average Bonchev–Trinajstić information content (AvgIpc) is 2.45. The Hall–Kier alpha value is -3.01. The Bertz CT molecular complexity index is 564. The number of hydrogen-bond donors (Lipinski definition) is 4. The summed E-state index contributed by atoms with van der Waals surface area (Å²) in [6, 6.07) is 1.68. The molecule has 0 fully saturated rings. The maximum atomic E-state index is 11.3. The normalized spacial score (nSPS) is 12.8. The van der Waals surface area contributed by atoms with Crippen molar-refractivity contribution in [1.29, 1.82) is 10.7 Å². The number of hydrogen-bond acceptors (Lipinski definition) is 6. The molecule has 7 heteroatoms. The number of amidine groups is 1. The van der Waals surface area contributed by atoms with E-state index in [-0.39, 0.29) is 17.2 Å². The smallest absolute Gasteiger partial charge is 0.352 e. The van der Waals surface area contributed by atoms with E-state index in [1.807, 2.05) is 6.92 Å². The van der Waals surface area contributed by atoms with Crippen LogP contribution in [0.5, 0.6) is 0 Å². The van der Waals surface area contributed by atoms with Crippen LogP contribution >= 0.6 is 0 Å². The summed E-state index contributed by atoms with van der Waals surface area (Å²) in [7, 11) is 1.17. The molecular weight excluding hydrogens is 270 g/mol. The summed E-state index contributed by atoms with van der Waals surface area (Å²) in [4.78, 5) is 11.3. The van der Waals surface area contributed by atoms with Crippen molar-refractivity contribution in [2.24, 2.45) is 11.5 Å². The van der Waals surface area contributed by atoms with Crippen molar-refractivity contribution in [1.82, 2.24) is 5.32 Å². The number of rotatable bonds is 7. The van der Waals surface area contributed by atoms with E-state index in [1.165, 1.54) is 13.2 Å². The van der Waals surface area contributed by atoms with Crippen LogP contribution < -0.4 is 16.8 Å². The number of carbonyl (C=O) groups excluding carboxylic acids is 1. The first-order chi connectivity index (χ1) is 9.87. The highest BCUT2D eigenvalue weighted by Crippen LogP contribution is 2.01. The van der Waals surface area contributed by atoms with Gasteiger partial charge in [0.2, 0.25) is 0 Å². The summed E-state index contributed by atoms with van der Waals surface area (Å²) >= 11 is 0. The zero-order valence-corrected chi connectivity index (χ0v) is 12.1. The molecule has 7 nitrogen and oxygen atoms in total. The lowest BCUT2D eigenvalue weighted by Gasteiger charge is -2.08. The second kappa shape index (κ2) is 8.98. The minimum atomic E-state index is -0.797. The summed E-state index contributed by atoms with van der Waals surface area (Å²) in [5, 5.41) is 18.9. The van der Waals surface area contributed by atoms with Gasteiger partial charge in [0.05, 0.1) is 7.11 Å². The molecule has 0 heterocycles. The minimum Gasteiger partial charge on any atom is -0.465 e. The van der Waals surface area contributed by atoms with E-state index in [2.05, 4.69) is 16.6 Å². The topological polar surface area (TPSA) is 138 Å². The summed E-state index contributed by atoms with van der Waals surface area (Å²) in [5.41, 5.74) is 12.0. The lowest BCUT2D eigenvalue weighted by molar-refractivity contribution is -0.135. The number of nitriles is 1. The van der Waals surface area contributed by atoms with Gasteiger partial charge in [-0.3, -0.25) is 5.41 Å². The van der Waals surface area contributed by atoms with Crippen molar-refractivity contribution in [3.63, 3.8) is 0 Å². The fourth-order valence-corrected chi connectivity index (χ4v) is 1.20. The van der Waals surface area contributed by atoms with Gasteiger partial charge in [0.15, 0.2) is 5.57 Å². The SMILES string of the molecule is C=C/C(=C\C=C(/C)CN/C(N)=C(/C#N)C(=O)OC)C(=N)N. The van der Waals surface area contributed by atoms with E-state index < -0.39 is 5.97 Å². The molecular formula is C14H19N5O2. The van der Waals surface area contributed by atoms with Crippen molar-refractivity contribution in [2.75, 3.05) is 13.7 Å². The highest BCUT2D eigenvalue weighted by Gasteiger charge is 2.13. The molecule has 0 aliphatic heterocycles. The second-order valence-electron chi connectivity index (χ2n) is 4.00. The van der Waals surface area contributed by atoms with E-state index >= 15 is 0 Å². The Labute approximate surface area is 123 Å². The zero-order chi connectivity index (χ0) is 16.4. The average molecular weight is 289 g/mol. The molecule has 0 aliphatic rings. The quantitative estimate of drug-likeness (QED) is 0.134. The van der Waals surface area contributed by atoms with Crippen LogP contribution in [0.1, 0.15) is 6.92 Å². The predicted molar refractivity (Wildman–Crippen MR) is 80.8 cm³/mol. The molecule has 6 N–H and O–H groups in total. The summed E-state index contributed by atoms with van der Waals surface area (Å²) in [5.74, 6) is -0.940. The number of methoxy groups -OCH3 is 1. The Morgan fingerprint density at radius 2 is 2.10 bits per heavy atom. The lowest BCUT2D eigenvalue weighted by atomic mass is 10.2. The molecule has 0 atom stereocenters. The van der Waals surface area contributed by atoms with Gasteiger partial charge in [-0.05, 0) is 6.92 Å². The van der Waals surface area contributed by atoms with Gasteiger partial charge in [-0.1, -0.05) is 30.4 Å². The standard InChI is InChI=1S/C14H19N5O2/c1-4-10(12(16)17)6-5-9(2)8-19-13(18)11(7-15)14(20)21-3/h4-6,19H,1,8,18H2,2-3H3,(H3,16,17)/b9-5+,10-6+,13-11-. The highest BCUT2D eigenvalue weighted by atomic mass is 16.5. The molecule has 21 heavy (non-hydrogen) atoms. The first kappa shape index (κ1) is 18.0. The molecule has 0 aliphatic carbocycles. The molecule has 0 aromatic rings. The van der Waals surface area contributed by atoms with Crippen molar-refractivity contribution in [3.05, 3.63) is 47.3 Å². The van der Waals surface area contributed by atoms with Gasteiger partial charge in [-0.25, -0.2) is 4.79 Å². The third kappa shape index (κ3) is 6.11. The van der Waals surface area contributed by atoms with Gasteiger partial charge in [0, 0.05) is 12.1 Å². The Morgan fingerprint density at radius 3 is 2.52 bits per heavy atom. The number of allylic oxidation sites excluding steroid dienone is 2. The van der Waals surface area contributed by atoms with Gasteiger partial charge in [-0.15, -0.1) is 0 Å². The number of nitrogens with zero attached hydrogens (tertiary/aromatic N) is 1. The van der Waals surface area contributed by atoms with Crippen LogP contribution in [0.15, 0.2) is 47.3 Å². The van der Waals surface area contributed by atoms with Crippen LogP contribution in [0.25, 0.3) is 0 Å². The molecule has 0 unspecified atom stereocenters. The monoisotopic (exact) mass is 289 g/mol. The first-order valence-corrected chi connectivity index (χ1v) is 5.93. The molecule has 0 rings (SSSR count). The van der Waals surface area contributed by atoms with Crippen molar-refractivity contribution < 1.29 is 9.53 Å². The van der Waals surface area contributed by atoms with Gasteiger partial charge < -0.3 is 21.5 Å². The van der Waals surface area contributed by atoms with Crippen LogP contribution in [0.4, 0.5) is 0 Å².